The molecule has 1 atom stereocenters. The number of benzene rings is 2. The largest absolute Gasteiger partial charge is 0.409 e. The maximum atomic E-state index is 14.2. The molecule has 3 nitrogen and oxygen atoms in total. The van der Waals surface area contributed by atoms with E-state index >= 15 is 0 Å². The maximum absolute atomic E-state index is 14.2. The highest BCUT2D eigenvalue weighted by molar-refractivity contribution is 5.88. The maximum Gasteiger partial charge on any atom is 0.409 e. The highest BCUT2D eigenvalue weighted by Gasteiger charge is 2.51. The summed E-state index contributed by atoms with van der Waals surface area (Å²) in [5.74, 6) is -0.395. The van der Waals surface area contributed by atoms with Gasteiger partial charge in [-0.3, -0.25) is 10.2 Å². The lowest BCUT2D eigenvalue weighted by Crippen LogP contribution is -2.43. The summed E-state index contributed by atoms with van der Waals surface area (Å²) in [6.07, 6.45) is -4.53. The fraction of sp³-hybridized carbons (Fsp3) is 0.476. The molecule has 1 fully saturated rings. The van der Waals surface area contributed by atoms with E-state index in [0.29, 0.717) is 5.39 Å². The van der Waals surface area contributed by atoms with Crippen LogP contribution in [0.3, 0.4) is 0 Å². The van der Waals surface area contributed by atoms with Crippen molar-refractivity contribution in [2.45, 2.75) is 52.3 Å². The molecular weight excluding hydrogens is 353 g/mol. The molecule has 2 aromatic rings. The van der Waals surface area contributed by atoms with E-state index in [4.69, 9.17) is 0 Å². The number of alkyl halides is 3. The Bertz CT molecular complexity index is 881. The number of hydrazine groups is 1. The molecule has 146 valence electrons. The first kappa shape index (κ1) is 19.7. The number of amides is 1. The Balaban J connectivity index is 2.24. The molecule has 0 bridgehead atoms. The number of fused-ring (bicyclic) bond motifs is 1. The molecular formula is C21H25F3N2O. The predicted molar refractivity (Wildman–Crippen MR) is 100 cm³/mol. The van der Waals surface area contributed by atoms with Crippen LogP contribution in [0.5, 0.6) is 0 Å². The standard InChI is InChI=1S/C21H25F3N2O/c1-19(2,3)14-10-13-8-6-7-9-15(13)16(11-14)17(21(22,23)24)26-12-20(4,5)18(27)25-26/h6-11,17H,12H2,1-5H3,(H,25,27)/t17-/m0/s1. The molecule has 1 amide bonds. The zero-order valence-corrected chi connectivity index (χ0v) is 16.2. The average Bonchev–Trinajstić information content (AvgIpc) is 2.77. The molecule has 0 aromatic heterocycles. The summed E-state index contributed by atoms with van der Waals surface area (Å²) in [5, 5.41) is 2.35. The molecule has 1 aliphatic rings. The fourth-order valence-corrected chi connectivity index (χ4v) is 3.50. The van der Waals surface area contributed by atoms with Crippen LogP contribution in [-0.2, 0) is 10.2 Å². The van der Waals surface area contributed by atoms with E-state index in [0.717, 1.165) is 16.0 Å². The summed E-state index contributed by atoms with van der Waals surface area (Å²) in [5.41, 5.74) is 2.27. The summed E-state index contributed by atoms with van der Waals surface area (Å²) in [7, 11) is 0. The number of hydrogen-bond acceptors (Lipinski definition) is 2. The SMILES string of the molecule is CC1(C)CN([C@@H](c2cc(C(C)(C)C)cc3ccccc23)C(F)(F)F)NC1=O. The Hall–Kier alpha value is -2.08. The molecule has 27 heavy (non-hydrogen) atoms. The predicted octanol–water partition coefficient (Wildman–Crippen LogP) is 5.11. The van der Waals surface area contributed by atoms with Crippen LogP contribution in [0.15, 0.2) is 36.4 Å². The minimum atomic E-state index is -4.53. The fourth-order valence-electron chi connectivity index (χ4n) is 3.50. The second-order valence-electron chi connectivity index (χ2n) is 8.93. The molecule has 6 heteroatoms. The number of halogens is 3. The molecule has 0 saturated carbocycles. The van der Waals surface area contributed by atoms with Gasteiger partial charge in [0.2, 0.25) is 5.91 Å². The van der Waals surface area contributed by atoms with Gasteiger partial charge in [-0.25, -0.2) is 5.01 Å². The van der Waals surface area contributed by atoms with Crippen molar-refractivity contribution in [2.24, 2.45) is 5.41 Å². The zero-order chi connectivity index (χ0) is 20.2. The van der Waals surface area contributed by atoms with Crippen LogP contribution in [-0.4, -0.2) is 23.6 Å². The molecule has 0 spiro atoms. The van der Waals surface area contributed by atoms with Crippen molar-refractivity contribution in [1.82, 2.24) is 10.4 Å². The van der Waals surface area contributed by atoms with Gasteiger partial charge in [0.1, 0.15) is 0 Å². The smallest absolute Gasteiger partial charge is 0.287 e. The van der Waals surface area contributed by atoms with Crippen molar-refractivity contribution < 1.29 is 18.0 Å². The molecule has 0 radical (unpaired) electrons. The average molecular weight is 378 g/mol. The minimum Gasteiger partial charge on any atom is -0.287 e. The third-order valence-electron chi connectivity index (χ3n) is 5.10. The summed E-state index contributed by atoms with van der Waals surface area (Å²) in [6, 6.07) is 8.77. The molecule has 1 aliphatic heterocycles. The van der Waals surface area contributed by atoms with Crippen LogP contribution in [0.25, 0.3) is 10.8 Å². The van der Waals surface area contributed by atoms with E-state index < -0.39 is 23.5 Å². The first-order chi connectivity index (χ1) is 12.3. The lowest BCUT2D eigenvalue weighted by molar-refractivity contribution is -0.191. The minimum absolute atomic E-state index is 0.00984. The summed E-state index contributed by atoms with van der Waals surface area (Å²) >= 11 is 0. The second kappa shape index (κ2) is 6.23. The van der Waals surface area contributed by atoms with Crippen molar-refractivity contribution in [1.29, 1.82) is 0 Å². The number of rotatable bonds is 2. The Morgan fingerprint density at radius 3 is 2.26 bits per heavy atom. The van der Waals surface area contributed by atoms with Crippen LogP contribution in [0.1, 0.15) is 51.8 Å². The van der Waals surface area contributed by atoms with Gasteiger partial charge in [-0.05, 0) is 41.2 Å². The van der Waals surface area contributed by atoms with Crippen molar-refractivity contribution in [3.8, 4) is 0 Å². The molecule has 2 aromatic carbocycles. The summed E-state index contributed by atoms with van der Waals surface area (Å²) in [4.78, 5) is 12.1. The van der Waals surface area contributed by atoms with E-state index in [2.05, 4.69) is 5.43 Å². The van der Waals surface area contributed by atoms with Crippen molar-refractivity contribution in [3.05, 3.63) is 47.5 Å². The molecule has 0 unspecified atom stereocenters. The van der Waals surface area contributed by atoms with Gasteiger partial charge < -0.3 is 0 Å². The van der Waals surface area contributed by atoms with Crippen molar-refractivity contribution in [3.63, 3.8) is 0 Å². The highest BCUT2D eigenvalue weighted by Crippen LogP contribution is 2.44. The van der Waals surface area contributed by atoms with Gasteiger partial charge in [-0.2, -0.15) is 13.2 Å². The topological polar surface area (TPSA) is 32.3 Å². The number of hydrogen-bond donors (Lipinski definition) is 1. The second-order valence-corrected chi connectivity index (χ2v) is 8.93. The molecule has 1 saturated heterocycles. The molecule has 0 aliphatic carbocycles. The Labute approximate surface area is 157 Å². The van der Waals surface area contributed by atoms with Crippen molar-refractivity contribution >= 4 is 16.7 Å². The number of carbonyl (C=O) groups is 1. The lowest BCUT2D eigenvalue weighted by atomic mass is 9.83. The Kier molecular flexibility index (Phi) is 4.54. The zero-order valence-electron chi connectivity index (χ0n) is 16.2. The summed E-state index contributed by atoms with van der Waals surface area (Å²) < 4.78 is 42.6. The van der Waals surface area contributed by atoms with Gasteiger partial charge in [-0.1, -0.05) is 57.2 Å². The van der Waals surface area contributed by atoms with Gasteiger partial charge in [-0.15, -0.1) is 0 Å². The monoisotopic (exact) mass is 378 g/mol. The molecule has 1 N–H and O–H groups in total. The highest BCUT2D eigenvalue weighted by atomic mass is 19.4. The Morgan fingerprint density at radius 1 is 1.11 bits per heavy atom. The van der Waals surface area contributed by atoms with E-state index in [-0.39, 0.29) is 17.5 Å². The van der Waals surface area contributed by atoms with Gasteiger partial charge in [0.15, 0.2) is 6.04 Å². The van der Waals surface area contributed by atoms with E-state index in [9.17, 15) is 18.0 Å². The normalized spacial score (nSPS) is 19.3. The van der Waals surface area contributed by atoms with E-state index in [1.165, 1.54) is 0 Å². The van der Waals surface area contributed by atoms with Crippen LogP contribution >= 0.6 is 0 Å². The quantitative estimate of drug-likeness (QED) is 0.787. The van der Waals surface area contributed by atoms with Crippen LogP contribution < -0.4 is 5.43 Å². The number of carbonyl (C=O) groups excluding carboxylic acids is 1. The van der Waals surface area contributed by atoms with Crippen LogP contribution in [0.2, 0.25) is 0 Å². The third-order valence-corrected chi connectivity index (χ3v) is 5.10. The molecule has 1 heterocycles. The van der Waals surface area contributed by atoms with E-state index in [1.807, 2.05) is 39.0 Å². The summed E-state index contributed by atoms with van der Waals surface area (Å²) in [6.45, 7) is 9.22. The van der Waals surface area contributed by atoms with Gasteiger partial charge in [0, 0.05) is 6.54 Å². The Morgan fingerprint density at radius 2 is 1.74 bits per heavy atom. The first-order valence-corrected chi connectivity index (χ1v) is 8.98. The first-order valence-electron chi connectivity index (χ1n) is 8.98. The van der Waals surface area contributed by atoms with E-state index in [1.54, 1.807) is 32.0 Å². The van der Waals surface area contributed by atoms with Gasteiger partial charge >= 0.3 is 6.18 Å². The van der Waals surface area contributed by atoms with Crippen molar-refractivity contribution in [2.75, 3.05) is 6.54 Å². The van der Waals surface area contributed by atoms with Crippen LogP contribution in [0, 0.1) is 5.41 Å². The van der Waals surface area contributed by atoms with Gasteiger partial charge in [0.05, 0.1) is 5.41 Å². The number of nitrogens with zero attached hydrogens (tertiary/aromatic N) is 1. The lowest BCUT2D eigenvalue weighted by Gasteiger charge is -2.32. The van der Waals surface area contributed by atoms with Gasteiger partial charge in [0.25, 0.3) is 0 Å². The van der Waals surface area contributed by atoms with Crippen LogP contribution in [0.4, 0.5) is 13.2 Å². The molecule has 3 rings (SSSR count). The third kappa shape index (κ3) is 3.68. The number of nitrogens with one attached hydrogen (secondary N) is 1.